The summed E-state index contributed by atoms with van der Waals surface area (Å²) in [5, 5.41) is 0. The number of fused-ring (bicyclic) bond motifs is 1. The van der Waals surface area contributed by atoms with Gasteiger partial charge in [-0.05, 0) is 57.9 Å². The largest absolute Gasteiger partial charge is 0.384 e. The number of rotatable bonds is 8. The summed E-state index contributed by atoms with van der Waals surface area (Å²) in [5.41, 5.74) is 3.76. The van der Waals surface area contributed by atoms with Crippen molar-refractivity contribution in [2.75, 3.05) is 44.8 Å². The lowest BCUT2D eigenvalue weighted by Gasteiger charge is -2.34. The van der Waals surface area contributed by atoms with E-state index >= 15 is 0 Å². The molecule has 7 heteroatoms. The third-order valence-corrected chi connectivity index (χ3v) is 7.10. The van der Waals surface area contributed by atoms with Crippen molar-refractivity contribution in [2.24, 2.45) is 5.92 Å². The van der Waals surface area contributed by atoms with Gasteiger partial charge in [-0.25, -0.2) is 19.9 Å². The van der Waals surface area contributed by atoms with Crippen LogP contribution in [0.1, 0.15) is 66.5 Å². The van der Waals surface area contributed by atoms with Crippen molar-refractivity contribution in [3.8, 4) is 0 Å². The number of anilines is 1. The summed E-state index contributed by atoms with van der Waals surface area (Å²) in [7, 11) is 1.71. The monoisotopic (exact) mass is 436 g/mol. The maximum atomic E-state index is 5.19. The van der Waals surface area contributed by atoms with E-state index in [2.05, 4.69) is 26.7 Å². The molecule has 1 atom stereocenters. The topological polar surface area (TPSA) is 67.3 Å². The van der Waals surface area contributed by atoms with E-state index < -0.39 is 0 Å². The highest BCUT2D eigenvalue weighted by Gasteiger charge is 2.31. The lowest BCUT2D eigenvalue weighted by atomic mass is 9.95. The van der Waals surface area contributed by atoms with Crippen LogP contribution in [0.15, 0.2) is 12.4 Å². The highest BCUT2D eigenvalue weighted by Crippen LogP contribution is 2.36. The Bertz CT molecular complexity index is 913. The van der Waals surface area contributed by atoms with E-state index in [1.54, 1.807) is 7.11 Å². The fraction of sp³-hybridized carbons (Fsp3) is 0.680. The average Bonchev–Trinajstić information content (AvgIpc) is 3.63. The summed E-state index contributed by atoms with van der Waals surface area (Å²) in [5.74, 6) is 4.43. The summed E-state index contributed by atoms with van der Waals surface area (Å²) in [6.45, 7) is 8.18. The molecule has 32 heavy (non-hydrogen) atoms. The van der Waals surface area contributed by atoms with Gasteiger partial charge < -0.3 is 9.64 Å². The zero-order valence-electron chi connectivity index (χ0n) is 19.6. The number of hydrogen-bond donors (Lipinski definition) is 0. The molecule has 0 bridgehead atoms. The van der Waals surface area contributed by atoms with Gasteiger partial charge in [-0.15, -0.1) is 0 Å². The van der Waals surface area contributed by atoms with E-state index in [4.69, 9.17) is 14.7 Å². The molecule has 2 aromatic rings. The van der Waals surface area contributed by atoms with Crippen LogP contribution in [0.3, 0.4) is 0 Å². The smallest absolute Gasteiger partial charge is 0.135 e. The Kier molecular flexibility index (Phi) is 6.64. The van der Waals surface area contributed by atoms with Crippen molar-refractivity contribution in [2.45, 2.75) is 64.3 Å². The quantitative estimate of drug-likeness (QED) is 0.629. The molecular formula is C25H36N6O. The molecule has 0 amide bonds. The van der Waals surface area contributed by atoms with Crippen molar-refractivity contribution in [1.82, 2.24) is 24.8 Å². The Labute approximate surface area is 191 Å². The third kappa shape index (κ3) is 5.09. The van der Waals surface area contributed by atoms with Crippen LogP contribution in [0.2, 0.25) is 0 Å². The highest BCUT2D eigenvalue weighted by atomic mass is 16.5. The SMILES string of the molecule is COCCc1ncc(CN2CCCC(c3nc(C)c4c(n3)N(CC3CC3)CCC4)C2)cn1. The summed E-state index contributed by atoms with van der Waals surface area (Å²) >= 11 is 0. The van der Waals surface area contributed by atoms with Gasteiger partial charge in [0.1, 0.15) is 17.5 Å². The molecule has 172 valence electrons. The normalized spacial score (nSPS) is 21.6. The number of nitrogens with zero attached hydrogens (tertiary/aromatic N) is 6. The summed E-state index contributed by atoms with van der Waals surface area (Å²) in [6.07, 6.45) is 12.2. The third-order valence-electron chi connectivity index (χ3n) is 7.10. The summed E-state index contributed by atoms with van der Waals surface area (Å²) in [6, 6.07) is 0. The maximum absolute atomic E-state index is 5.19. The lowest BCUT2D eigenvalue weighted by Crippen LogP contribution is -2.36. The molecule has 2 fully saturated rings. The molecule has 7 nitrogen and oxygen atoms in total. The second-order valence-electron chi connectivity index (χ2n) is 9.79. The van der Waals surface area contributed by atoms with Crippen molar-refractivity contribution in [3.63, 3.8) is 0 Å². The van der Waals surface area contributed by atoms with E-state index in [9.17, 15) is 0 Å². The molecule has 3 aliphatic rings. The lowest BCUT2D eigenvalue weighted by molar-refractivity contribution is 0.195. The van der Waals surface area contributed by atoms with Crippen LogP contribution in [0.4, 0.5) is 5.82 Å². The molecule has 5 rings (SSSR count). The molecule has 1 saturated carbocycles. The van der Waals surface area contributed by atoms with Gasteiger partial charge in [0, 0.05) is 74.8 Å². The first-order valence-electron chi connectivity index (χ1n) is 12.3. The van der Waals surface area contributed by atoms with E-state index in [0.717, 1.165) is 56.6 Å². The molecule has 2 aromatic heterocycles. The number of likely N-dealkylation sites (tertiary alicyclic amines) is 1. The molecule has 1 aliphatic carbocycles. The fourth-order valence-corrected chi connectivity index (χ4v) is 5.14. The predicted molar refractivity (Wildman–Crippen MR) is 125 cm³/mol. The molecule has 4 heterocycles. The van der Waals surface area contributed by atoms with E-state index in [-0.39, 0.29) is 0 Å². The molecular weight excluding hydrogens is 400 g/mol. The molecule has 2 aliphatic heterocycles. The molecule has 0 aromatic carbocycles. The Morgan fingerprint density at radius 1 is 1.06 bits per heavy atom. The minimum Gasteiger partial charge on any atom is -0.384 e. The molecule has 0 N–H and O–H groups in total. The van der Waals surface area contributed by atoms with Crippen LogP contribution < -0.4 is 4.90 Å². The number of ether oxygens (including phenoxy) is 1. The van der Waals surface area contributed by atoms with Crippen LogP contribution in [0.25, 0.3) is 0 Å². The van der Waals surface area contributed by atoms with Gasteiger partial charge in [-0.2, -0.15) is 0 Å². The number of piperidine rings is 1. The Morgan fingerprint density at radius 3 is 2.69 bits per heavy atom. The van der Waals surface area contributed by atoms with Crippen LogP contribution in [0.5, 0.6) is 0 Å². The second kappa shape index (κ2) is 9.79. The first-order valence-corrected chi connectivity index (χ1v) is 12.3. The van der Waals surface area contributed by atoms with Gasteiger partial charge in [0.2, 0.25) is 0 Å². The minimum atomic E-state index is 0.402. The Hall–Kier alpha value is -2.12. The first-order chi connectivity index (χ1) is 15.7. The minimum absolute atomic E-state index is 0.402. The molecule has 1 unspecified atom stereocenters. The second-order valence-corrected chi connectivity index (χ2v) is 9.79. The number of hydrogen-bond acceptors (Lipinski definition) is 7. The van der Waals surface area contributed by atoms with E-state index in [1.165, 1.54) is 61.3 Å². The number of aromatic nitrogens is 4. The van der Waals surface area contributed by atoms with Gasteiger partial charge in [0.25, 0.3) is 0 Å². The van der Waals surface area contributed by atoms with Gasteiger partial charge >= 0.3 is 0 Å². The van der Waals surface area contributed by atoms with Crippen molar-refractivity contribution in [3.05, 3.63) is 40.9 Å². The van der Waals surface area contributed by atoms with Gasteiger partial charge in [0.05, 0.1) is 6.61 Å². The van der Waals surface area contributed by atoms with Crippen molar-refractivity contribution >= 4 is 5.82 Å². The first kappa shape index (κ1) is 21.7. The van der Waals surface area contributed by atoms with E-state index in [1.807, 2.05) is 12.4 Å². The van der Waals surface area contributed by atoms with Crippen molar-refractivity contribution < 1.29 is 4.74 Å². The van der Waals surface area contributed by atoms with Gasteiger partial charge in [0.15, 0.2) is 0 Å². The predicted octanol–water partition coefficient (Wildman–Crippen LogP) is 3.31. The summed E-state index contributed by atoms with van der Waals surface area (Å²) < 4.78 is 5.12. The standard InChI is InChI=1S/C25H36N6O/c1-18-22-6-4-11-31(16-19-7-8-19)25(22)29-24(28-18)21-5-3-10-30(17-21)15-20-13-26-23(27-14-20)9-12-32-2/h13-14,19,21H,3-12,15-17H2,1-2H3. The van der Waals surface area contributed by atoms with E-state index in [0.29, 0.717) is 12.5 Å². The Balaban J connectivity index is 1.27. The summed E-state index contributed by atoms with van der Waals surface area (Å²) in [4.78, 5) is 24.3. The van der Waals surface area contributed by atoms with Crippen LogP contribution in [0, 0.1) is 12.8 Å². The van der Waals surface area contributed by atoms with Crippen LogP contribution >= 0.6 is 0 Å². The zero-order chi connectivity index (χ0) is 21.9. The van der Waals surface area contributed by atoms with Crippen LogP contribution in [-0.4, -0.2) is 64.7 Å². The molecule has 0 radical (unpaired) electrons. The van der Waals surface area contributed by atoms with Gasteiger partial charge in [-0.1, -0.05) is 0 Å². The fourth-order valence-electron chi connectivity index (χ4n) is 5.14. The average molecular weight is 437 g/mol. The highest BCUT2D eigenvalue weighted by molar-refractivity contribution is 5.51. The molecule has 1 saturated heterocycles. The zero-order valence-corrected chi connectivity index (χ0v) is 19.6. The number of aryl methyl sites for hydroxylation is 1. The van der Waals surface area contributed by atoms with Crippen LogP contribution in [-0.2, 0) is 24.1 Å². The molecule has 0 spiro atoms. The maximum Gasteiger partial charge on any atom is 0.135 e. The Morgan fingerprint density at radius 2 is 1.91 bits per heavy atom. The van der Waals surface area contributed by atoms with Gasteiger partial charge in [-0.3, -0.25) is 4.90 Å². The number of methoxy groups -OCH3 is 1. The van der Waals surface area contributed by atoms with Crippen molar-refractivity contribution in [1.29, 1.82) is 0 Å².